The Morgan fingerprint density at radius 2 is 1.48 bits per heavy atom. The molecule has 7 heteroatoms. The number of fused-ring (bicyclic) bond motifs is 2. The standard InChI is InChI=1S/C26H31NO6/c1-27(2,25-23(30)21(28)22(29)24(33-25)26(31)32)15-7-12-20-18-10-5-3-8-16(18)13-14-17-9-4-6-11-19(17)20/h3-6,8-12,21-25,28-30H,7,13-15H2,1-2H3/p+1/t21-,22-,23+,24-,25+/m0/s1. The molecule has 1 saturated heterocycles. The van der Waals surface area contributed by atoms with Crippen LogP contribution in [-0.2, 0) is 22.4 Å². The Hall–Kier alpha value is -2.55. The van der Waals surface area contributed by atoms with Gasteiger partial charge >= 0.3 is 5.97 Å². The summed E-state index contributed by atoms with van der Waals surface area (Å²) in [6, 6.07) is 16.8. The number of nitrogens with zero attached hydrogens (tertiary/aromatic N) is 1. The SMILES string of the molecule is C[N+](C)(CCC=C1c2ccccc2CCc2ccccc21)[C@@H]1O[C@H](C(=O)O)[C@@H](O)[C@H](O)[C@H]1O. The summed E-state index contributed by atoms with van der Waals surface area (Å²) in [6.45, 7) is 0.532. The summed E-state index contributed by atoms with van der Waals surface area (Å²) in [7, 11) is 3.65. The van der Waals surface area contributed by atoms with Crippen LogP contribution in [0.3, 0.4) is 0 Å². The lowest BCUT2D eigenvalue weighted by Gasteiger charge is -2.46. The first-order chi connectivity index (χ1) is 15.7. The first kappa shape index (κ1) is 23.6. The Bertz CT molecular complexity index is 999. The largest absolute Gasteiger partial charge is 0.479 e. The number of aliphatic carboxylic acids is 1. The summed E-state index contributed by atoms with van der Waals surface area (Å²) in [5.74, 6) is -1.37. The number of ether oxygens (including phenoxy) is 1. The third kappa shape index (κ3) is 4.60. The molecule has 0 amide bonds. The molecule has 1 aliphatic carbocycles. The number of carboxylic acids is 1. The van der Waals surface area contributed by atoms with E-state index in [1.807, 2.05) is 26.2 Å². The first-order valence-corrected chi connectivity index (χ1v) is 11.3. The van der Waals surface area contributed by atoms with E-state index in [1.165, 1.54) is 27.8 Å². The Morgan fingerprint density at radius 1 is 0.939 bits per heavy atom. The van der Waals surface area contributed by atoms with Gasteiger partial charge in [0.05, 0.1) is 20.6 Å². The number of aliphatic hydroxyl groups is 3. The van der Waals surface area contributed by atoms with Crippen molar-refractivity contribution in [2.45, 2.75) is 49.9 Å². The number of quaternary nitrogens is 1. The van der Waals surface area contributed by atoms with E-state index in [0.29, 0.717) is 13.0 Å². The summed E-state index contributed by atoms with van der Waals surface area (Å²) in [6.07, 6.45) is -2.47. The van der Waals surface area contributed by atoms with Gasteiger partial charge in [0.25, 0.3) is 0 Å². The van der Waals surface area contributed by atoms with Crippen LogP contribution in [0.15, 0.2) is 54.6 Å². The lowest BCUT2D eigenvalue weighted by molar-refractivity contribution is -0.944. The molecule has 2 aliphatic rings. The van der Waals surface area contributed by atoms with Crippen LogP contribution < -0.4 is 0 Å². The third-order valence-electron chi connectivity index (χ3n) is 6.85. The molecule has 0 spiro atoms. The van der Waals surface area contributed by atoms with Crippen molar-refractivity contribution in [2.75, 3.05) is 20.6 Å². The molecule has 0 saturated carbocycles. The molecule has 4 N–H and O–H groups in total. The Kier molecular flexibility index (Phi) is 6.70. The van der Waals surface area contributed by atoms with Gasteiger partial charge in [-0.05, 0) is 40.7 Å². The van der Waals surface area contributed by atoms with Crippen molar-refractivity contribution in [3.63, 3.8) is 0 Å². The fourth-order valence-corrected chi connectivity index (χ4v) is 4.95. The Morgan fingerprint density at radius 3 is 2.03 bits per heavy atom. The average Bonchev–Trinajstić information content (AvgIpc) is 2.94. The van der Waals surface area contributed by atoms with Gasteiger partial charge in [-0.1, -0.05) is 54.6 Å². The number of benzene rings is 2. The topological polar surface area (TPSA) is 107 Å². The van der Waals surface area contributed by atoms with Gasteiger partial charge in [0.2, 0.25) is 6.23 Å². The number of aryl methyl sites for hydroxylation is 2. The van der Waals surface area contributed by atoms with Crippen molar-refractivity contribution in [2.24, 2.45) is 0 Å². The average molecular weight is 455 g/mol. The van der Waals surface area contributed by atoms with Crippen molar-refractivity contribution in [1.29, 1.82) is 0 Å². The number of hydrogen-bond donors (Lipinski definition) is 4. The zero-order valence-corrected chi connectivity index (χ0v) is 19.0. The Labute approximate surface area is 193 Å². The monoisotopic (exact) mass is 454 g/mol. The molecule has 1 fully saturated rings. The third-order valence-corrected chi connectivity index (χ3v) is 6.85. The van der Waals surface area contributed by atoms with Gasteiger partial charge in [-0.25, -0.2) is 4.79 Å². The van der Waals surface area contributed by atoms with Crippen molar-refractivity contribution in [1.82, 2.24) is 0 Å². The molecule has 7 nitrogen and oxygen atoms in total. The van der Waals surface area contributed by atoms with E-state index < -0.39 is 36.6 Å². The van der Waals surface area contributed by atoms with E-state index >= 15 is 0 Å². The van der Waals surface area contributed by atoms with Crippen molar-refractivity contribution >= 4 is 11.5 Å². The smallest absolute Gasteiger partial charge is 0.335 e. The zero-order chi connectivity index (χ0) is 23.8. The van der Waals surface area contributed by atoms with Crippen LogP contribution in [0.4, 0.5) is 0 Å². The molecule has 0 radical (unpaired) electrons. The summed E-state index contributed by atoms with van der Waals surface area (Å²) in [4.78, 5) is 11.5. The van der Waals surface area contributed by atoms with Crippen LogP contribution in [0.25, 0.3) is 5.57 Å². The van der Waals surface area contributed by atoms with Crippen LogP contribution in [-0.4, -0.2) is 82.2 Å². The molecule has 4 rings (SSSR count). The highest BCUT2D eigenvalue weighted by molar-refractivity contribution is 5.83. The van der Waals surface area contributed by atoms with E-state index in [9.17, 15) is 25.2 Å². The van der Waals surface area contributed by atoms with E-state index in [4.69, 9.17) is 4.74 Å². The summed E-state index contributed by atoms with van der Waals surface area (Å²) in [5, 5.41) is 40.1. The predicted molar refractivity (Wildman–Crippen MR) is 123 cm³/mol. The van der Waals surface area contributed by atoms with Crippen LogP contribution in [0.1, 0.15) is 28.7 Å². The Balaban J connectivity index is 1.59. The van der Waals surface area contributed by atoms with E-state index in [0.717, 1.165) is 12.8 Å². The van der Waals surface area contributed by atoms with E-state index in [-0.39, 0.29) is 4.48 Å². The second kappa shape index (κ2) is 9.37. The molecule has 0 unspecified atom stereocenters. The number of carboxylic acid groups (broad SMARTS) is 1. The zero-order valence-electron chi connectivity index (χ0n) is 19.0. The van der Waals surface area contributed by atoms with Crippen molar-refractivity contribution in [3.8, 4) is 0 Å². The van der Waals surface area contributed by atoms with Crippen LogP contribution >= 0.6 is 0 Å². The molecular weight excluding hydrogens is 422 g/mol. The highest BCUT2D eigenvalue weighted by Crippen LogP contribution is 2.34. The summed E-state index contributed by atoms with van der Waals surface area (Å²) < 4.78 is 5.70. The van der Waals surface area contributed by atoms with Crippen LogP contribution in [0.2, 0.25) is 0 Å². The van der Waals surface area contributed by atoms with Gasteiger partial charge in [-0.3, -0.25) is 0 Å². The maximum absolute atomic E-state index is 11.5. The molecule has 1 heterocycles. The normalized spacial score (nSPS) is 27.3. The molecule has 33 heavy (non-hydrogen) atoms. The maximum Gasteiger partial charge on any atom is 0.335 e. The minimum atomic E-state index is -1.69. The summed E-state index contributed by atoms with van der Waals surface area (Å²) >= 11 is 0. The highest BCUT2D eigenvalue weighted by Gasteiger charge is 2.52. The lowest BCUT2D eigenvalue weighted by atomic mass is 9.93. The number of carbonyl (C=O) groups is 1. The number of aliphatic hydroxyl groups excluding tert-OH is 3. The molecule has 0 aromatic heterocycles. The molecule has 0 bridgehead atoms. The van der Waals surface area contributed by atoms with Crippen LogP contribution in [0, 0.1) is 0 Å². The molecule has 2 aromatic carbocycles. The lowest BCUT2D eigenvalue weighted by Crippen LogP contribution is -2.68. The molecule has 5 atom stereocenters. The number of hydrogen-bond acceptors (Lipinski definition) is 5. The van der Waals surface area contributed by atoms with Gasteiger partial charge in [0.15, 0.2) is 12.2 Å². The summed E-state index contributed by atoms with van der Waals surface area (Å²) in [5.41, 5.74) is 6.21. The fourth-order valence-electron chi connectivity index (χ4n) is 4.95. The van der Waals surface area contributed by atoms with Gasteiger partial charge in [0.1, 0.15) is 12.2 Å². The molecule has 1 aliphatic heterocycles. The number of likely N-dealkylation sites (N-methyl/N-ethyl adjacent to an activating group) is 1. The van der Waals surface area contributed by atoms with E-state index in [2.05, 4.69) is 42.5 Å². The number of rotatable bonds is 5. The second-order valence-electron chi connectivity index (χ2n) is 9.48. The van der Waals surface area contributed by atoms with Crippen LogP contribution in [0.5, 0.6) is 0 Å². The van der Waals surface area contributed by atoms with Crippen molar-refractivity contribution in [3.05, 3.63) is 76.9 Å². The predicted octanol–water partition coefficient (Wildman–Crippen LogP) is 1.58. The van der Waals surface area contributed by atoms with E-state index in [1.54, 1.807) is 0 Å². The van der Waals surface area contributed by atoms with Gasteiger partial charge in [-0.15, -0.1) is 0 Å². The molecular formula is C26H32NO6+. The fraction of sp³-hybridized carbons (Fsp3) is 0.423. The van der Waals surface area contributed by atoms with Gasteiger partial charge in [-0.2, -0.15) is 0 Å². The van der Waals surface area contributed by atoms with Crippen molar-refractivity contribution < 1.29 is 34.4 Å². The highest BCUT2D eigenvalue weighted by atomic mass is 16.6. The molecule has 176 valence electrons. The maximum atomic E-state index is 11.5. The van der Waals surface area contributed by atoms with Gasteiger partial charge in [0, 0.05) is 6.42 Å². The molecule has 2 aromatic rings. The minimum absolute atomic E-state index is 0.127. The minimum Gasteiger partial charge on any atom is -0.479 e. The van der Waals surface area contributed by atoms with Gasteiger partial charge < -0.3 is 29.6 Å². The quantitative estimate of drug-likeness (QED) is 0.511. The first-order valence-electron chi connectivity index (χ1n) is 11.3. The second-order valence-corrected chi connectivity index (χ2v) is 9.48.